The number of aryl methyl sites for hydroxylation is 1. The van der Waals surface area contributed by atoms with Crippen molar-refractivity contribution in [3.63, 3.8) is 0 Å². The van der Waals surface area contributed by atoms with Gasteiger partial charge in [0.05, 0.1) is 5.97 Å². The maximum Gasteiger partial charge on any atom is 0.138 e. The summed E-state index contributed by atoms with van der Waals surface area (Å²) in [6.45, 7) is 10.4. The van der Waals surface area contributed by atoms with Crippen molar-refractivity contribution in [1.29, 1.82) is 0 Å². The molecule has 0 spiro atoms. The van der Waals surface area contributed by atoms with Crippen LogP contribution in [0.4, 0.5) is 0 Å². The summed E-state index contributed by atoms with van der Waals surface area (Å²) in [4.78, 5) is 10.9. The van der Waals surface area contributed by atoms with Gasteiger partial charge >= 0.3 is 0 Å². The lowest BCUT2D eigenvalue weighted by molar-refractivity contribution is -0.313. The zero-order chi connectivity index (χ0) is 14.6. The summed E-state index contributed by atoms with van der Waals surface area (Å²) in [6.07, 6.45) is 0.554. The van der Waals surface area contributed by atoms with E-state index in [4.69, 9.17) is 4.74 Å². The third-order valence-corrected chi connectivity index (χ3v) is 3.72. The second kappa shape index (κ2) is 6.09. The van der Waals surface area contributed by atoms with Gasteiger partial charge in [-0.15, -0.1) is 0 Å². The van der Waals surface area contributed by atoms with Crippen molar-refractivity contribution >= 4 is 5.97 Å². The van der Waals surface area contributed by atoms with E-state index in [1.807, 2.05) is 25.1 Å². The van der Waals surface area contributed by atoms with Crippen LogP contribution in [-0.2, 0) is 10.2 Å². The molecule has 0 amide bonds. The van der Waals surface area contributed by atoms with Crippen LogP contribution in [0.1, 0.15) is 51.7 Å². The lowest BCUT2D eigenvalue weighted by Gasteiger charge is -2.26. The van der Waals surface area contributed by atoms with Gasteiger partial charge in [-0.05, 0) is 48.4 Å². The minimum absolute atomic E-state index is 0.112. The first kappa shape index (κ1) is 15.5. The van der Waals surface area contributed by atoms with E-state index in [0.717, 1.165) is 12.0 Å². The molecule has 106 valence electrons. The lowest BCUT2D eigenvalue weighted by Crippen LogP contribution is -2.39. The van der Waals surface area contributed by atoms with Gasteiger partial charge in [0.25, 0.3) is 0 Å². The van der Waals surface area contributed by atoms with E-state index in [1.54, 1.807) is 6.92 Å². The highest BCUT2D eigenvalue weighted by atomic mass is 16.5. The minimum Gasteiger partial charge on any atom is -0.546 e. The average Bonchev–Trinajstić information content (AvgIpc) is 2.35. The van der Waals surface area contributed by atoms with Gasteiger partial charge in [0.1, 0.15) is 11.9 Å². The molecule has 0 N–H and O–H groups in total. The van der Waals surface area contributed by atoms with E-state index in [2.05, 4.69) is 20.8 Å². The number of ether oxygens (including phenoxy) is 1. The van der Waals surface area contributed by atoms with Crippen LogP contribution in [0, 0.1) is 6.92 Å². The molecule has 1 atom stereocenters. The van der Waals surface area contributed by atoms with E-state index in [0.29, 0.717) is 12.2 Å². The molecule has 1 aromatic rings. The molecular weight excluding hydrogens is 240 g/mol. The van der Waals surface area contributed by atoms with Crippen molar-refractivity contribution in [3.8, 4) is 5.75 Å². The normalized spacial score (nSPS) is 13.1. The van der Waals surface area contributed by atoms with E-state index < -0.39 is 12.1 Å². The van der Waals surface area contributed by atoms with Crippen molar-refractivity contribution in [2.75, 3.05) is 0 Å². The summed E-state index contributed by atoms with van der Waals surface area (Å²) in [6, 6.07) is 5.76. The molecule has 0 saturated heterocycles. The van der Waals surface area contributed by atoms with Crippen LogP contribution in [0.3, 0.4) is 0 Å². The number of hydrogen-bond acceptors (Lipinski definition) is 3. The topological polar surface area (TPSA) is 49.4 Å². The van der Waals surface area contributed by atoms with Gasteiger partial charge in [-0.2, -0.15) is 0 Å². The highest BCUT2D eigenvalue weighted by Gasteiger charge is 2.20. The minimum atomic E-state index is -1.17. The molecular formula is C16H23O3-. The number of aliphatic carboxylic acids is 1. The second-order valence-electron chi connectivity index (χ2n) is 5.55. The van der Waals surface area contributed by atoms with Crippen molar-refractivity contribution in [3.05, 3.63) is 29.3 Å². The first-order valence-electron chi connectivity index (χ1n) is 6.80. The zero-order valence-electron chi connectivity index (χ0n) is 12.4. The summed E-state index contributed by atoms with van der Waals surface area (Å²) >= 11 is 0. The molecule has 1 rings (SSSR count). The molecule has 3 nitrogen and oxygen atoms in total. The fraction of sp³-hybridized carbons (Fsp3) is 0.562. The van der Waals surface area contributed by atoms with Gasteiger partial charge in [0.15, 0.2) is 0 Å². The van der Waals surface area contributed by atoms with Crippen LogP contribution in [0.2, 0.25) is 0 Å². The molecule has 0 aromatic heterocycles. The van der Waals surface area contributed by atoms with E-state index in [-0.39, 0.29) is 5.41 Å². The van der Waals surface area contributed by atoms with Crippen molar-refractivity contribution in [1.82, 2.24) is 0 Å². The molecule has 0 radical (unpaired) electrons. The summed E-state index contributed by atoms with van der Waals surface area (Å²) in [7, 11) is 0. The predicted molar refractivity (Wildman–Crippen MR) is 74.2 cm³/mol. The van der Waals surface area contributed by atoms with Crippen LogP contribution < -0.4 is 9.84 Å². The molecule has 0 heterocycles. The van der Waals surface area contributed by atoms with Gasteiger partial charge in [-0.1, -0.05) is 33.8 Å². The number of carboxylic acid groups (broad SMARTS) is 1. The zero-order valence-corrected chi connectivity index (χ0v) is 12.4. The summed E-state index contributed by atoms with van der Waals surface area (Å²) in [5.74, 6) is -0.581. The SMILES string of the molecule is CC[C@@H](Oc1ccc(C(C)(C)CC)c(C)c1)C(=O)[O-]. The monoisotopic (exact) mass is 263 g/mol. The molecule has 0 bridgehead atoms. The highest BCUT2D eigenvalue weighted by Crippen LogP contribution is 2.31. The van der Waals surface area contributed by atoms with Gasteiger partial charge in [-0.3, -0.25) is 0 Å². The molecule has 0 saturated carbocycles. The average molecular weight is 263 g/mol. The number of benzene rings is 1. The van der Waals surface area contributed by atoms with Crippen LogP contribution in [0.15, 0.2) is 18.2 Å². The molecule has 0 aliphatic heterocycles. The Morgan fingerprint density at radius 2 is 2.00 bits per heavy atom. The van der Waals surface area contributed by atoms with Crippen LogP contribution in [0.25, 0.3) is 0 Å². The van der Waals surface area contributed by atoms with E-state index in [1.165, 1.54) is 5.56 Å². The molecule has 3 heteroatoms. The first-order chi connectivity index (χ1) is 8.81. The Hall–Kier alpha value is -1.51. The Morgan fingerprint density at radius 1 is 1.37 bits per heavy atom. The van der Waals surface area contributed by atoms with Crippen molar-refractivity contribution in [2.24, 2.45) is 0 Å². The Kier molecular flexibility index (Phi) is 4.98. The Balaban J connectivity index is 2.97. The van der Waals surface area contributed by atoms with Crippen molar-refractivity contribution < 1.29 is 14.6 Å². The number of carbonyl (C=O) groups excluding carboxylic acids is 1. The predicted octanol–water partition coefficient (Wildman–Crippen LogP) is 2.59. The third-order valence-electron chi connectivity index (χ3n) is 3.72. The molecule has 1 aromatic carbocycles. The fourth-order valence-electron chi connectivity index (χ4n) is 2.12. The lowest BCUT2D eigenvalue weighted by atomic mass is 9.80. The van der Waals surface area contributed by atoms with Gasteiger partial charge in [-0.25, -0.2) is 0 Å². The molecule has 0 unspecified atom stereocenters. The quantitative estimate of drug-likeness (QED) is 0.792. The van der Waals surface area contributed by atoms with Crippen molar-refractivity contribution in [2.45, 2.75) is 59.0 Å². The maximum atomic E-state index is 10.9. The number of carboxylic acids is 1. The first-order valence-corrected chi connectivity index (χ1v) is 6.80. The summed E-state index contributed by atoms with van der Waals surface area (Å²) in [5, 5.41) is 10.9. The fourth-order valence-corrected chi connectivity index (χ4v) is 2.12. The number of hydrogen-bond donors (Lipinski definition) is 0. The Labute approximate surface area is 115 Å². The second-order valence-corrected chi connectivity index (χ2v) is 5.55. The molecule has 0 aliphatic rings. The Bertz CT molecular complexity index is 449. The number of carbonyl (C=O) groups is 1. The molecule has 0 fully saturated rings. The van der Waals surface area contributed by atoms with Crippen LogP contribution in [-0.4, -0.2) is 12.1 Å². The van der Waals surface area contributed by atoms with Crippen LogP contribution in [0.5, 0.6) is 5.75 Å². The maximum absolute atomic E-state index is 10.9. The standard InChI is InChI=1S/C16H24O3/c1-6-14(15(17)18)19-12-8-9-13(11(3)10-12)16(4,5)7-2/h8-10,14H,6-7H2,1-5H3,(H,17,18)/p-1/t14-/m1/s1. The van der Waals surface area contributed by atoms with Gasteiger partial charge in [0, 0.05) is 0 Å². The highest BCUT2D eigenvalue weighted by molar-refractivity contribution is 5.70. The van der Waals surface area contributed by atoms with Crippen LogP contribution >= 0.6 is 0 Å². The van der Waals surface area contributed by atoms with E-state index >= 15 is 0 Å². The molecule has 0 aliphatic carbocycles. The molecule has 19 heavy (non-hydrogen) atoms. The summed E-state index contributed by atoms with van der Waals surface area (Å²) < 4.78 is 5.45. The Morgan fingerprint density at radius 3 is 2.42 bits per heavy atom. The largest absolute Gasteiger partial charge is 0.546 e. The third kappa shape index (κ3) is 3.72. The smallest absolute Gasteiger partial charge is 0.138 e. The summed E-state index contributed by atoms with van der Waals surface area (Å²) in [5.41, 5.74) is 2.50. The van der Waals surface area contributed by atoms with Gasteiger partial charge in [0.2, 0.25) is 0 Å². The van der Waals surface area contributed by atoms with E-state index in [9.17, 15) is 9.90 Å². The number of rotatable bonds is 6. The van der Waals surface area contributed by atoms with Gasteiger partial charge < -0.3 is 14.6 Å².